The zero-order chi connectivity index (χ0) is 28.1. The first-order valence-corrected chi connectivity index (χ1v) is 14.1. The summed E-state index contributed by atoms with van der Waals surface area (Å²) in [4.78, 5) is 25.0. The Kier molecular flexibility index (Phi) is 6.59. The van der Waals surface area contributed by atoms with Gasteiger partial charge >= 0.3 is 6.18 Å². The molecule has 1 saturated heterocycles. The van der Waals surface area contributed by atoms with Gasteiger partial charge < -0.3 is 15.0 Å². The zero-order valence-electron chi connectivity index (χ0n) is 22.2. The van der Waals surface area contributed by atoms with Crippen LogP contribution in [-0.4, -0.2) is 57.1 Å². The second-order valence-corrected chi connectivity index (χ2v) is 12.1. The molecule has 5 heterocycles. The smallest absolute Gasteiger partial charge is 0.397 e. The van der Waals surface area contributed by atoms with Crippen LogP contribution in [0.3, 0.4) is 0 Å². The quantitative estimate of drug-likeness (QED) is 0.409. The second-order valence-electron chi connectivity index (χ2n) is 11.3. The maximum atomic E-state index is 13.4. The van der Waals surface area contributed by atoms with Crippen LogP contribution in [-0.2, 0) is 0 Å². The van der Waals surface area contributed by atoms with E-state index >= 15 is 0 Å². The Hall–Kier alpha value is -3.48. The van der Waals surface area contributed by atoms with Gasteiger partial charge in [-0.2, -0.15) is 13.2 Å². The Labute approximate surface area is 234 Å². The van der Waals surface area contributed by atoms with Crippen molar-refractivity contribution < 1.29 is 22.7 Å². The van der Waals surface area contributed by atoms with Gasteiger partial charge in [0.25, 0.3) is 5.91 Å². The molecule has 40 heavy (non-hydrogen) atoms. The summed E-state index contributed by atoms with van der Waals surface area (Å²) >= 11 is 1.13. The highest BCUT2D eigenvalue weighted by Crippen LogP contribution is 2.57. The number of alkyl halides is 3. The van der Waals surface area contributed by atoms with Crippen molar-refractivity contribution in [2.45, 2.75) is 56.3 Å². The number of amides is 1. The summed E-state index contributed by atoms with van der Waals surface area (Å²) in [6, 6.07) is 10.5. The number of anilines is 2. The largest absolute Gasteiger partial charge is 0.476 e. The Balaban J connectivity index is 1.30. The van der Waals surface area contributed by atoms with E-state index in [1.165, 1.54) is 10.7 Å². The first-order chi connectivity index (χ1) is 19.0. The monoisotopic (exact) mass is 573 g/mol. The Bertz CT molecular complexity index is 1420. The molecule has 4 bridgehead atoms. The molecule has 2 fully saturated rings. The van der Waals surface area contributed by atoms with Crippen LogP contribution in [0.2, 0.25) is 0 Å². The molecule has 9 nitrogen and oxygen atoms in total. The Morgan fingerprint density at radius 2 is 1.98 bits per heavy atom. The molecule has 13 heteroatoms. The van der Waals surface area contributed by atoms with Crippen molar-refractivity contribution in [2.75, 3.05) is 29.9 Å². The summed E-state index contributed by atoms with van der Waals surface area (Å²) in [6.07, 6.45) is -0.723. The van der Waals surface area contributed by atoms with E-state index < -0.39 is 18.2 Å². The lowest BCUT2D eigenvalue weighted by atomic mass is 9.94. The van der Waals surface area contributed by atoms with Gasteiger partial charge in [-0.1, -0.05) is 6.07 Å². The average Bonchev–Trinajstić information content (AvgIpc) is 3.47. The van der Waals surface area contributed by atoms with Gasteiger partial charge in [0.2, 0.25) is 5.88 Å². The van der Waals surface area contributed by atoms with E-state index in [1.54, 1.807) is 18.3 Å². The Morgan fingerprint density at radius 3 is 2.75 bits per heavy atom. The van der Waals surface area contributed by atoms with E-state index in [4.69, 9.17) is 9.72 Å². The van der Waals surface area contributed by atoms with Crippen LogP contribution in [0.4, 0.5) is 24.8 Å². The van der Waals surface area contributed by atoms with Crippen molar-refractivity contribution in [1.29, 1.82) is 0 Å². The molecule has 212 valence electrons. The fourth-order valence-corrected chi connectivity index (χ4v) is 6.01. The number of carbonyl (C=O) groups is 1. The van der Waals surface area contributed by atoms with E-state index in [0.29, 0.717) is 28.1 Å². The molecule has 6 rings (SSSR count). The molecular formula is C27H30F3N7O2S. The van der Waals surface area contributed by atoms with Gasteiger partial charge in [-0.25, -0.2) is 14.6 Å². The number of fused-ring (bicyclic) bond motifs is 6. The zero-order valence-corrected chi connectivity index (χ0v) is 23.0. The number of pyridine rings is 2. The highest BCUT2D eigenvalue weighted by molar-refractivity contribution is 7.97. The lowest BCUT2D eigenvalue weighted by Gasteiger charge is -2.34. The van der Waals surface area contributed by atoms with Gasteiger partial charge in [-0.15, -0.1) is 5.10 Å². The van der Waals surface area contributed by atoms with Crippen molar-refractivity contribution in [3.05, 3.63) is 48.2 Å². The number of rotatable bonds is 4. The molecule has 2 aliphatic heterocycles. The van der Waals surface area contributed by atoms with Crippen molar-refractivity contribution in [1.82, 2.24) is 24.5 Å². The number of carbonyl (C=O) groups excluding carboxylic acids is 1. The molecule has 3 aromatic heterocycles. The van der Waals surface area contributed by atoms with Crippen LogP contribution in [0.5, 0.6) is 5.88 Å². The van der Waals surface area contributed by atoms with E-state index in [9.17, 15) is 18.0 Å². The molecule has 0 radical (unpaired) electrons. The molecule has 0 aromatic carbocycles. The van der Waals surface area contributed by atoms with Gasteiger partial charge in [0, 0.05) is 42.8 Å². The van der Waals surface area contributed by atoms with E-state index in [-0.39, 0.29) is 30.2 Å². The van der Waals surface area contributed by atoms with E-state index in [0.717, 1.165) is 43.7 Å². The number of nitrogens with one attached hydrogen (secondary N) is 2. The number of halogens is 3. The minimum atomic E-state index is -4.30. The number of ether oxygens (including phenoxy) is 1. The lowest BCUT2D eigenvalue weighted by molar-refractivity contribution is -0.194. The third-order valence-electron chi connectivity index (χ3n) is 7.90. The molecule has 0 spiro atoms. The first-order valence-electron chi connectivity index (χ1n) is 13.3. The second kappa shape index (κ2) is 9.86. The van der Waals surface area contributed by atoms with Crippen molar-refractivity contribution in [3.8, 4) is 11.7 Å². The summed E-state index contributed by atoms with van der Waals surface area (Å²) < 4.78 is 49.7. The molecule has 1 unspecified atom stereocenters. The van der Waals surface area contributed by atoms with Crippen LogP contribution >= 0.6 is 11.9 Å². The summed E-state index contributed by atoms with van der Waals surface area (Å²) in [5, 5.41) is 8.37. The average molecular weight is 574 g/mol. The summed E-state index contributed by atoms with van der Waals surface area (Å²) in [7, 11) is 0. The summed E-state index contributed by atoms with van der Waals surface area (Å²) in [6.45, 7) is 5.32. The van der Waals surface area contributed by atoms with Crippen molar-refractivity contribution in [2.24, 2.45) is 11.3 Å². The highest BCUT2D eigenvalue weighted by atomic mass is 32.2. The van der Waals surface area contributed by atoms with Gasteiger partial charge in [-0.3, -0.25) is 9.52 Å². The van der Waals surface area contributed by atoms with E-state index in [1.807, 2.05) is 18.2 Å². The minimum Gasteiger partial charge on any atom is -0.476 e. The molecule has 1 saturated carbocycles. The van der Waals surface area contributed by atoms with Crippen LogP contribution in [0.15, 0.2) is 47.6 Å². The third-order valence-corrected chi connectivity index (χ3v) is 8.63. The van der Waals surface area contributed by atoms with Crippen LogP contribution in [0.25, 0.3) is 5.82 Å². The molecule has 3 aromatic rings. The fraction of sp³-hybridized carbons (Fsp3) is 0.481. The molecular weight excluding hydrogens is 543 g/mol. The standard InChI is InChI=1S/C27H30F3N7O2S/c1-25(2)14-17-8-12-31-19-4-3-5-22(32-19)40-35-24(38)18-6-7-20(33-23(18)36(25)15-17)37-13-9-21(34-37)39-16-26(10-11-26)27(28,29)30/h3-7,9,13,17H,8,10-12,14-16H2,1-2H3,(H,31,32)(H,35,38). The van der Waals surface area contributed by atoms with Crippen LogP contribution < -0.4 is 19.7 Å². The van der Waals surface area contributed by atoms with Gasteiger partial charge in [0.15, 0.2) is 5.82 Å². The maximum absolute atomic E-state index is 13.4. The predicted octanol–water partition coefficient (Wildman–Crippen LogP) is 5.24. The van der Waals surface area contributed by atoms with Gasteiger partial charge in [0.1, 0.15) is 28.7 Å². The summed E-state index contributed by atoms with van der Waals surface area (Å²) in [5.74, 6) is 1.89. The van der Waals surface area contributed by atoms with Crippen molar-refractivity contribution >= 4 is 29.5 Å². The number of aromatic nitrogens is 4. The SMILES string of the molecule is CC1(C)CC2CCNc3cccc(n3)SNC(=O)c3ccc(-n4ccc(OCC5(C(F)(F)F)CC5)n4)nc3N1C2. The third kappa shape index (κ3) is 5.18. The van der Waals surface area contributed by atoms with Crippen LogP contribution in [0, 0.1) is 11.3 Å². The first kappa shape index (κ1) is 26.7. The van der Waals surface area contributed by atoms with Gasteiger partial charge in [-0.05, 0) is 69.7 Å². The molecule has 3 aliphatic rings. The molecule has 2 N–H and O–H groups in total. The van der Waals surface area contributed by atoms with Crippen molar-refractivity contribution in [3.63, 3.8) is 0 Å². The fourth-order valence-electron chi connectivity index (χ4n) is 5.41. The molecule has 1 atom stereocenters. The topological polar surface area (TPSA) is 97.2 Å². The number of hydrogen-bond donors (Lipinski definition) is 2. The van der Waals surface area contributed by atoms with Gasteiger partial charge in [0.05, 0.1) is 5.56 Å². The number of hydrogen-bond acceptors (Lipinski definition) is 8. The Morgan fingerprint density at radius 1 is 1.15 bits per heavy atom. The predicted molar refractivity (Wildman–Crippen MR) is 145 cm³/mol. The lowest BCUT2D eigenvalue weighted by Crippen LogP contribution is -2.40. The number of nitrogens with zero attached hydrogens (tertiary/aromatic N) is 5. The summed E-state index contributed by atoms with van der Waals surface area (Å²) in [5.41, 5.74) is -1.62. The van der Waals surface area contributed by atoms with E-state index in [2.05, 4.69) is 38.9 Å². The molecule has 1 amide bonds. The van der Waals surface area contributed by atoms with Crippen LogP contribution in [0.1, 0.15) is 49.9 Å². The maximum Gasteiger partial charge on any atom is 0.397 e. The minimum absolute atomic E-state index is 0.0636. The highest BCUT2D eigenvalue weighted by Gasteiger charge is 2.64. The normalized spacial score (nSPS) is 21.6. The molecule has 1 aliphatic carbocycles.